The Morgan fingerprint density at radius 1 is 0.960 bits per heavy atom. The highest BCUT2D eigenvalue weighted by molar-refractivity contribution is 5.83. The minimum atomic E-state index is 0.680. The molecule has 1 heterocycles. The van der Waals surface area contributed by atoms with Crippen molar-refractivity contribution >= 4 is 11.9 Å². The van der Waals surface area contributed by atoms with Crippen LogP contribution in [0, 0.1) is 13.8 Å². The first-order valence-corrected chi connectivity index (χ1v) is 8.01. The average Bonchev–Trinajstić information content (AvgIpc) is 2.94. The van der Waals surface area contributed by atoms with Gasteiger partial charge in [0.05, 0.1) is 31.3 Å². The predicted molar refractivity (Wildman–Crippen MR) is 99.8 cm³/mol. The minimum Gasteiger partial charge on any atom is -0.493 e. The summed E-state index contributed by atoms with van der Waals surface area (Å²) >= 11 is 0. The van der Waals surface area contributed by atoms with Crippen LogP contribution in [0.1, 0.15) is 17.0 Å². The number of benzene rings is 2. The molecule has 1 aromatic heterocycles. The Morgan fingerprint density at radius 2 is 1.68 bits per heavy atom. The number of aliphatic imine (C=N–C) groups is 1. The van der Waals surface area contributed by atoms with Crippen molar-refractivity contribution in [2.75, 3.05) is 14.2 Å². The molecular weight excluding hydrogens is 314 g/mol. The molecule has 0 saturated carbocycles. The summed E-state index contributed by atoms with van der Waals surface area (Å²) in [5, 5.41) is 4.61. The molecule has 0 amide bonds. The van der Waals surface area contributed by atoms with Crippen LogP contribution in [0.25, 0.3) is 5.69 Å². The molecule has 0 radical (unpaired) electrons. The van der Waals surface area contributed by atoms with Crippen LogP contribution in [-0.4, -0.2) is 30.2 Å². The molecule has 2 aromatic carbocycles. The highest BCUT2D eigenvalue weighted by Crippen LogP contribution is 2.28. The largest absolute Gasteiger partial charge is 0.493 e. The third-order valence-corrected chi connectivity index (χ3v) is 4.00. The van der Waals surface area contributed by atoms with Crippen LogP contribution in [0.5, 0.6) is 11.5 Å². The predicted octanol–water partition coefficient (Wildman–Crippen LogP) is 4.26. The van der Waals surface area contributed by atoms with E-state index in [0.29, 0.717) is 11.5 Å². The highest BCUT2D eigenvalue weighted by Gasteiger charge is 2.11. The number of methoxy groups -OCH3 is 2. The molecule has 0 spiro atoms. The number of nitrogens with zero attached hydrogens (tertiary/aromatic N) is 3. The van der Waals surface area contributed by atoms with Gasteiger partial charge < -0.3 is 9.47 Å². The minimum absolute atomic E-state index is 0.680. The lowest BCUT2D eigenvalue weighted by Gasteiger charge is -2.07. The smallest absolute Gasteiger partial charge is 0.161 e. The van der Waals surface area contributed by atoms with Crippen molar-refractivity contribution in [1.29, 1.82) is 0 Å². The van der Waals surface area contributed by atoms with Gasteiger partial charge in [-0.05, 0) is 49.7 Å². The van der Waals surface area contributed by atoms with E-state index in [1.54, 1.807) is 14.2 Å². The summed E-state index contributed by atoms with van der Waals surface area (Å²) in [5.41, 5.74) is 4.72. The number of aryl methyl sites for hydroxylation is 1. The quantitative estimate of drug-likeness (QED) is 0.655. The second-order valence-corrected chi connectivity index (χ2v) is 5.64. The van der Waals surface area contributed by atoms with E-state index in [1.165, 1.54) is 0 Å². The summed E-state index contributed by atoms with van der Waals surface area (Å²) < 4.78 is 12.5. The van der Waals surface area contributed by atoms with Crippen LogP contribution >= 0.6 is 0 Å². The van der Waals surface area contributed by atoms with Gasteiger partial charge in [-0.2, -0.15) is 5.10 Å². The first-order chi connectivity index (χ1) is 12.1. The van der Waals surface area contributed by atoms with Crippen molar-refractivity contribution in [3.05, 3.63) is 65.5 Å². The number of hydrogen-bond acceptors (Lipinski definition) is 4. The molecule has 0 saturated heterocycles. The molecule has 25 heavy (non-hydrogen) atoms. The van der Waals surface area contributed by atoms with E-state index in [-0.39, 0.29) is 0 Å². The first kappa shape index (κ1) is 16.8. The van der Waals surface area contributed by atoms with Gasteiger partial charge in [-0.15, -0.1) is 0 Å². The van der Waals surface area contributed by atoms with E-state index in [2.05, 4.69) is 10.1 Å². The number of para-hydroxylation sites is 1. The molecular formula is C20H21N3O2. The Kier molecular flexibility index (Phi) is 4.84. The molecule has 0 atom stereocenters. The summed E-state index contributed by atoms with van der Waals surface area (Å²) in [6, 6.07) is 15.8. The first-order valence-electron chi connectivity index (χ1n) is 8.01. The van der Waals surface area contributed by atoms with E-state index < -0.39 is 0 Å². The van der Waals surface area contributed by atoms with E-state index in [9.17, 15) is 0 Å². The third kappa shape index (κ3) is 3.40. The van der Waals surface area contributed by atoms with Gasteiger partial charge in [-0.25, -0.2) is 4.68 Å². The number of rotatable bonds is 5. The fourth-order valence-corrected chi connectivity index (χ4v) is 2.71. The lowest BCUT2D eigenvalue weighted by atomic mass is 10.2. The van der Waals surface area contributed by atoms with Crippen molar-refractivity contribution in [3.63, 3.8) is 0 Å². The van der Waals surface area contributed by atoms with Crippen molar-refractivity contribution in [2.24, 2.45) is 4.99 Å². The van der Waals surface area contributed by atoms with E-state index in [0.717, 1.165) is 28.3 Å². The normalized spacial score (nSPS) is 11.0. The molecule has 128 valence electrons. The standard InChI is InChI=1S/C20H21N3O2/c1-14-20(15(2)23(22-14)17-8-6-5-7-9-17)21-13-16-10-11-18(24-3)19(12-16)25-4/h5-13H,1-4H3. The van der Waals surface area contributed by atoms with E-state index in [4.69, 9.17) is 9.47 Å². The third-order valence-electron chi connectivity index (χ3n) is 4.00. The molecule has 3 aromatic rings. The molecule has 0 N–H and O–H groups in total. The fourth-order valence-electron chi connectivity index (χ4n) is 2.71. The van der Waals surface area contributed by atoms with Crippen LogP contribution < -0.4 is 9.47 Å². The average molecular weight is 335 g/mol. The maximum Gasteiger partial charge on any atom is 0.161 e. The van der Waals surface area contributed by atoms with Gasteiger partial charge in [-0.1, -0.05) is 18.2 Å². The van der Waals surface area contributed by atoms with Crippen LogP contribution in [0.15, 0.2) is 53.5 Å². The Hall–Kier alpha value is -3.08. The maximum atomic E-state index is 5.34. The molecule has 0 unspecified atom stereocenters. The Balaban J connectivity index is 1.93. The van der Waals surface area contributed by atoms with Crippen LogP contribution in [0.2, 0.25) is 0 Å². The van der Waals surface area contributed by atoms with Gasteiger partial charge in [-0.3, -0.25) is 4.99 Å². The summed E-state index contributed by atoms with van der Waals surface area (Å²) in [6.45, 7) is 3.99. The second-order valence-electron chi connectivity index (χ2n) is 5.64. The molecule has 5 heteroatoms. The van der Waals surface area contributed by atoms with Crippen LogP contribution in [0.4, 0.5) is 5.69 Å². The maximum absolute atomic E-state index is 5.34. The van der Waals surface area contributed by atoms with Crippen molar-refractivity contribution in [2.45, 2.75) is 13.8 Å². The zero-order valence-electron chi connectivity index (χ0n) is 14.9. The molecule has 0 bridgehead atoms. The zero-order chi connectivity index (χ0) is 17.8. The lowest BCUT2D eigenvalue weighted by molar-refractivity contribution is 0.355. The van der Waals surface area contributed by atoms with Gasteiger partial charge in [0, 0.05) is 6.21 Å². The number of aromatic nitrogens is 2. The van der Waals surface area contributed by atoms with Crippen molar-refractivity contribution < 1.29 is 9.47 Å². The van der Waals surface area contributed by atoms with Gasteiger partial charge >= 0.3 is 0 Å². The summed E-state index contributed by atoms with van der Waals surface area (Å²) in [6.07, 6.45) is 1.81. The lowest BCUT2D eigenvalue weighted by Crippen LogP contribution is -1.98. The van der Waals surface area contributed by atoms with Gasteiger partial charge in [0.1, 0.15) is 5.69 Å². The Bertz CT molecular complexity index is 899. The Morgan fingerprint density at radius 3 is 2.36 bits per heavy atom. The fraction of sp³-hybridized carbons (Fsp3) is 0.200. The molecule has 0 aliphatic heterocycles. The van der Waals surface area contributed by atoms with Gasteiger partial charge in [0.2, 0.25) is 0 Å². The zero-order valence-corrected chi connectivity index (χ0v) is 14.9. The molecule has 5 nitrogen and oxygen atoms in total. The topological polar surface area (TPSA) is 48.6 Å². The SMILES string of the molecule is COc1ccc(C=Nc2c(C)nn(-c3ccccc3)c2C)cc1OC. The van der Waals surface area contributed by atoms with E-state index in [1.807, 2.05) is 73.3 Å². The van der Waals surface area contributed by atoms with Crippen LogP contribution in [-0.2, 0) is 0 Å². The molecule has 0 aliphatic rings. The summed E-state index contributed by atoms with van der Waals surface area (Å²) in [5.74, 6) is 1.38. The highest BCUT2D eigenvalue weighted by atomic mass is 16.5. The summed E-state index contributed by atoms with van der Waals surface area (Å²) in [7, 11) is 3.24. The van der Waals surface area contributed by atoms with Crippen molar-refractivity contribution in [1.82, 2.24) is 9.78 Å². The monoisotopic (exact) mass is 335 g/mol. The van der Waals surface area contributed by atoms with E-state index >= 15 is 0 Å². The van der Waals surface area contributed by atoms with Gasteiger partial charge in [0.15, 0.2) is 11.5 Å². The molecule has 0 fully saturated rings. The Labute approximate surface area is 147 Å². The van der Waals surface area contributed by atoms with Gasteiger partial charge in [0.25, 0.3) is 0 Å². The van der Waals surface area contributed by atoms with Crippen LogP contribution in [0.3, 0.4) is 0 Å². The second kappa shape index (κ2) is 7.21. The molecule has 0 aliphatic carbocycles. The van der Waals surface area contributed by atoms with Crippen molar-refractivity contribution in [3.8, 4) is 17.2 Å². The summed E-state index contributed by atoms with van der Waals surface area (Å²) in [4.78, 5) is 4.65. The number of ether oxygens (including phenoxy) is 2. The molecule has 3 rings (SSSR count). The number of hydrogen-bond donors (Lipinski definition) is 0.